The normalized spacial score (nSPS) is 14.2. The first-order chi connectivity index (χ1) is 23.1. The van der Waals surface area contributed by atoms with Gasteiger partial charge in [-0.1, -0.05) is 41.4 Å². The van der Waals surface area contributed by atoms with Crippen molar-refractivity contribution < 1.29 is 50.8 Å². The van der Waals surface area contributed by atoms with E-state index in [1.54, 1.807) is 32.9 Å². The topological polar surface area (TPSA) is 141 Å². The maximum absolute atomic E-state index is 13.2. The van der Waals surface area contributed by atoms with Crippen LogP contribution in [0.1, 0.15) is 62.8 Å². The Morgan fingerprint density at radius 2 is 1.69 bits per heavy atom. The second-order valence-corrected chi connectivity index (χ2v) is 14.0. The molecule has 2 atom stereocenters. The number of ether oxygens (including phenoxy) is 4. The van der Waals surface area contributed by atoms with Crippen molar-refractivity contribution in [3.63, 3.8) is 0 Å². The molecule has 0 radical (unpaired) electrons. The summed E-state index contributed by atoms with van der Waals surface area (Å²) >= 11 is 9.88. The number of anilines is 1. The summed E-state index contributed by atoms with van der Waals surface area (Å²) in [5.41, 5.74) is 0.808. The van der Waals surface area contributed by atoms with Crippen molar-refractivity contribution in [1.82, 2.24) is 0 Å². The maximum Gasteiger partial charge on any atom is 0.387 e. The third-order valence-electron chi connectivity index (χ3n) is 7.16. The fourth-order valence-corrected chi connectivity index (χ4v) is 5.78. The van der Waals surface area contributed by atoms with Crippen LogP contribution in [0.5, 0.6) is 11.5 Å². The summed E-state index contributed by atoms with van der Waals surface area (Å²) in [5.74, 6) is -1.17. The molecule has 16 heteroatoms. The van der Waals surface area contributed by atoms with Crippen LogP contribution in [-0.2, 0) is 43.2 Å². The van der Waals surface area contributed by atoms with Crippen LogP contribution in [0.3, 0.4) is 0 Å². The highest BCUT2D eigenvalue weighted by atomic mass is 35.5. The Hall–Kier alpha value is -3.72. The van der Waals surface area contributed by atoms with Gasteiger partial charge in [0.2, 0.25) is 0 Å². The Kier molecular flexibility index (Phi) is 13.1. The van der Waals surface area contributed by atoms with Gasteiger partial charge in [0.25, 0.3) is 0 Å². The van der Waals surface area contributed by atoms with Gasteiger partial charge in [0.1, 0.15) is 28.3 Å². The summed E-state index contributed by atoms with van der Waals surface area (Å²) in [5, 5.41) is 11.9. The van der Waals surface area contributed by atoms with Crippen LogP contribution in [0.15, 0.2) is 54.9 Å². The third kappa shape index (κ3) is 12.0. The third-order valence-corrected chi connectivity index (χ3v) is 8.51. The van der Waals surface area contributed by atoms with Crippen molar-refractivity contribution in [2.75, 3.05) is 17.5 Å². The predicted molar refractivity (Wildman–Crippen MR) is 176 cm³/mol. The van der Waals surface area contributed by atoms with Crippen LogP contribution in [0, 0.1) is 11.1 Å². The number of alkyl halides is 2. The Balaban J connectivity index is 1.50. The van der Waals surface area contributed by atoms with Gasteiger partial charge in [0, 0.05) is 35.4 Å². The van der Waals surface area contributed by atoms with E-state index in [0.717, 1.165) is 29.5 Å². The molecule has 0 saturated heterocycles. The van der Waals surface area contributed by atoms with Gasteiger partial charge in [0.15, 0.2) is 23.9 Å². The number of halogens is 4. The number of esters is 2. The van der Waals surface area contributed by atoms with Gasteiger partial charge in [-0.25, -0.2) is 0 Å². The van der Waals surface area contributed by atoms with Crippen LogP contribution in [0.25, 0.3) is 0 Å². The monoisotopic (exact) mass is 743 g/mol. The minimum Gasteiger partial charge on any atom is -0.755 e. The minimum absolute atomic E-state index is 0.0335. The number of pyridine rings is 1. The first kappa shape index (κ1) is 38.1. The Labute approximate surface area is 295 Å². The van der Waals surface area contributed by atoms with Crippen molar-refractivity contribution >= 4 is 52.1 Å². The van der Waals surface area contributed by atoms with E-state index in [1.165, 1.54) is 30.3 Å². The average Bonchev–Trinajstić information content (AvgIpc) is 3.83. The van der Waals surface area contributed by atoms with E-state index >= 15 is 0 Å². The fraction of sp³-hybridized carbons (Fsp3) is 0.424. The zero-order valence-electron chi connectivity index (χ0n) is 26.9. The van der Waals surface area contributed by atoms with Gasteiger partial charge < -0.3 is 28.7 Å². The van der Waals surface area contributed by atoms with Crippen LogP contribution in [0.2, 0.25) is 10.0 Å². The molecular weight excluding hydrogens is 709 g/mol. The van der Waals surface area contributed by atoms with E-state index in [0.29, 0.717) is 33.9 Å². The zero-order valence-corrected chi connectivity index (χ0v) is 29.2. The lowest BCUT2D eigenvalue weighted by Gasteiger charge is -2.27. The number of carbonyl (C=O) groups is 2. The molecular formula is C33H35Cl2F2N2O9S-. The summed E-state index contributed by atoms with van der Waals surface area (Å²) in [7, 11) is 0. The molecule has 49 heavy (non-hydrogen) atoms. The van der Waals surface area contributed by atoms with E-state index < -0.39 is 48.1 Å². The molecule has 0 aliphatic heterocycles. The van der Waals surface area contributed by atoms with E-state index in [4.69, 9.17) is 37.4 Å². The molecule has 0 bridgehead atoms. The Morgan fingerprint density at radius 1 is 1.04 bits per heavy atom. The number of benzene rings is 2. The molecule has 11 nitrogen and oxygen atoms in total. The summed E-state index contributed by atoms with van der Waals surface area (Å²) < 4.78 is 72.7. The van der Waals surface area contributed by atoms with Gasteiger partial charge in [-0.15, -0.1) is 0 Å². The van der Waals surface area contributed by atoms with Crippen molar-refractivity contribution in [3.05, 3.63) is 86.8 Å². The molecule has 4 rings (SSSR count). The van der Waals surface area contributed by atoms with Gasteiger partial charge >= 0.3 is 18.6 Å². The summed E-state index contributed by atoms with van der Waals surface area (Å²) in [6, 6.07) is 10.4. The smallest absolute Gasteiger partial charge is 0.387 e. The van der Waals surface area contributed by atoms with Crippen molar-refractivity contribution in [2.24, 2.45) is 5.92 Å². The van der Waals surface area contributed by atoms with Gasteiger partial charge in [-0.05, 0) is 81.3 Å². The number of aromatic nitrogens is 1. The van der Waals surface area contributed by atoms with Gasteiger partial charge in [-0.3, -0.25) is 18.1 Å². The standard InChI is InChI=1S/C33H36Cl2F2N2O9S/c1-33(2,3)48-31(41)18-39(49(43)44)23-10-6-20(7-11-23)8-13-30(40)46-28(15-24-25(34)16-38(42)17-26(24)35)22-9-12-27(47-32(36)37)29(14-22)45-19-21-4-5-21/h6-7,9-12,14,16-17,21,28,32H,4-5,8,13,15,18-19H2,1-3H3,(H,43,44)/p-1/t28-/m0/s1. The molecule has 1 aliphatic rings. The number of hydrogen-bond acceptors (Lipinski definition) is 9. The molecule has 1 fully saturated rings. The number of rotatable bonds is 16. The Bertz CT molecular complexity index is 1630. The highest BCUT2D eigenvalue weighted by Crippen LogP contribution is 2.38. The molecule has 3 aromatic rings. The molecule has 266 valence electrons. The minimum atomic E-state index is -3.09. The molecule has 1 heterocycles. The molecule has 1 aromatic heterocycles. The lowest BCUT2D eigenvalue weighted by molar-refractivity contribution is -0.605. The maximum atomic E-state index is 13.2. The average molecular weight is 745 g/mol. The summed E-state index contributed by atoms with van der Waals surface area (Å²) in [6.45, 7) is 1.70. The summed E-state index contributed by atoms with van der Waals surface area (Å²) in [4.78, 5) is 25.4. The van der Waals surface area contributed by atoms with Crippen molar-refractivity contribution in [2.45, 2.75) is 71.2 Å². The highest BCUT2D eigenvalue weighted by Gasteiger charge is 2.27. The lowest BCUT2D eigenvalue weighted by Crippen LogP contribution is -2.36. The first-order valence-electron chi connectivity index (χ1n) is 15.2. The van der Waals surface area contributed by atoms with E-state index in [9.17, 15) is 32.3 Å². The predicted octanol–water partition coefficient (Wildman–Crippen LogP) is 6.42. The van der Waals surface area contributed by atoms with Crippen LogP contribution in [0.4, 0.5) is 14.5 Å². The molecule has 1 unspecified atom stereocenters. The SMILES string of the molecule is CC(C)(C)OC(=O)CN(c1ccc(CCC(=O)O[C@@H](Cc2c(Cl)c[n+]([O-])cc2Cl)c2ccc(OC(F)F)c(OCC3CC3)c2)cc1)S(=O)[O-]. The van der Waals surface area contributed by atoms with Gasteiger partial charge in [0.05, 0.1) is 6.61 Å². The number of aryl methyl sites for hydroxylation is 1. The van der Waals surface area contributed by atoms with E-state index in [1.807, 2.05) is 0 Å². The first-order valence-corrected chi connectivity index (χ1v) is 17.0. The van der Waals surface area contributed by atoms with Crippen LogP contribution in [-0.4, -0.2) is 46.1 Å². The Morgan fingerprint density at radius 3 is 2.27 bits per heavy atom. The largest absolute Gasteiger partial charge is 0.755 e. The molecule has 1 saturated carbocycles. The van der Waals surface area contributed by atoms with Crippen molar-refractivity contribution in [1.29, 1.82) is 0 Å². The van der Waals surface area contributed by atoms with Crippen LogP contribution >= 0.6 is 23.2 Å². The van der Waals surface area contributed by atoms with Crippen molar-refractivity contribution in [3.8, 4) is 11.5 Å². The number of nitrogens with zero attached hydrogens (tertiary/aromatic N) is 2. The number of hydrogen-bond donors (Lipinski definition) is 0. The van der Waals surface area contributed by atoms with E-state index in [2.05, 4.69) is 4.74 Å². The number of carbonyl (C=O) groups excluding carboxylic acids is 2. The van der Waals surface area contributed by atoms with Gasteiger partial charge in [-0.2, -0.15) is 13.5 Å². The summed E-state index contributed by atoms with van der Waals surface area (Å²) in [6.07, 6.45) is 3.15. The molecule has 0 N–H and O–H groups in total. The molecule has 1 aliphatic carbocycles. The highest BCUT2D eigenvalue weighted by molar-refractivity contribution is 7.80. The quantitative estimate of drug-likeness (QED) is 0.0704. The van der Waals surface area contributed by atoms with Crippen LogP contribution < -0.4 is 18.5 Å². The second kappa shape index (κ2) is 16.8. The molecule has 0 spiro atoms. The molecule has 0 amide bonds. The fourth-order valence-electron chi connectivity index (χ4n) is 4.68. The lowest BCUT2D eigenvalue weighted by atomic mass is 10.0. The van der Waals surface area contributed by atoms with E-state index in [-0.39, 0.29) is 46.5 Å². The zero-order chi connectivity index (χ0) is 35.9. The molecule has 2 aromatic carbocycles. The second-order valence-electron chi connectivity index (χ2n) is 12.3.